The third kappa shape index (κ3) is 6.43. The zero-order valence-electron chi connectivity index (χ0n) is 21.8. The first-order chi connectivity index (χ1) is 18.8. The molecule has 1 unspecified atom stereocenters. The number of likely N-dealkylation sites (tertiary alicyclic amines) is 1. The molecule has 1 fully saturated rings. The van der Waals surface area contributed by atoms with Gasteiger partial charge in [-0.1, -0.05) is 24.3 Å². The maximum atomic E-state index is 13.3. The number of likely N-dealkylation sites (N-methyl/N-ethyl adjacent to an activating group) is 1. The molecule has 206 valence electrons. The Bertz CT molecular complexity index is 1420. The molecule has 0 bridgehead atoms. The zero-order chi connectivity index (χ0) is 27.9. The molecule has 5 rings (SSSR count). The van der Waals surface area contributed by atoms with E-state index in [1.165, 1.54) is 30.4 Å². The van der Waals surface area contributed by atoms with Crippen molar-refractivity contribution >= 4 is 29.0 Å². The lowest BCUT2D eigenvalue weighted by Gasteiger charge is -2.40. The summed E-state index contributed by atoms with van der Waals surface area (Å²) >= 11 is 0. The third-order valence-corrected chi connectivity index (χ3v) is 7.31. The number of pyridine rings is 1. The van der Waals surface area contributed by atoms with Crippen LogP contribution in [-0.2, 0) is 27.3 Å². The lowest BCUT2D eigenvalue weighted by molar-refractivity contribution is -0.134. The minimum absolute atomic E-state index is 0.0161. The van der Waals surface area contributed by atoms with Gasteiger partial charge in [0.25, 0.3) is 0 Å². The highest BCUT2D eigenvalue weighted by atomic mass is 16.4. The minimum Gasteiger partial charge on any atom is -0.478 e. The molecule has 11 nitrogen and oxygen atoms in total. The summed E-state index contributed by atoms with van der Waals surface area (Å²) in [5.41, 5.74) is 4.23. The number of rotatable bonds is 6. The number of nitrogens with zero attached hydrogens (tertiary/aromatic N) is 4. The molecule has 0 radical (unpaired) electrons. The number of aryl methyl sites for hydroxylation is 1. The van der Waals surface area contributed by atoms with Gasteiger partial charge in [-0.2, -0.15) is 0 Å². The minimum atomic E-state index is -1.26. The molecule has 3 heterocycles. The highest BCUT2D eigenvalue weighted by molar-refractivity contribution is 5.89. The number of fused-ring (bicyclic) bond motifs is 2. The molecule has 0 spiro atoms. The molecule has 1 aliphatic carbocycles. The Morgan fingerprint density at radius 3 is 2.38 bits per heavy atom. The number of nitrogens with one attached hydrogen (secondary N) is 1. The van der Waals surface area contributed by atoms with E-state index in [1.54, 1.807) is 17.8 Å². The largest absolute Gasteiger partial charge is 0.478 e. The van der Waals surface area contributed by atoms with Crippen molar-refractivity contribution < 1.29 is 24.6 Å². The Morgan fingerprint density at radius 2 is 1.72 bits per heavy atom. The van der Waals surface area contributed by atoms with Crippen molar-refractivity contribution in [3.8, 4) is 0 Å². The number of aliphatic carboxylic acids is 2. The van der Waals surface area contributed by atoms with Gasteiger partial charge in [-0.15, -0.1) is 0 Å². The standard InChI is InChI=1S/C24H29N5O2.C4H4O4/c1-25-22(30)16-28-21-10-5-13-26-23(21)29(24(28)31)18-11-14-27(15-12-18)20-9-4-7-17-6-2-3-8-19(17)20;5-3(6)1-2-4(7)8/h2-3,5-6,8,10,13,18,20H,4,7,9,11-12,14-16H2,1H3,(H,25,30);1-2H,(H,5,6)(H,7,8). The quantitative estimate of drug-likeness (QED) is 0.408. The first-order valence-electron chi connectivity index (χ1n) is 13.0. The fourth-order valence-corrected chi connectivity index (χ4v) is 5.52. The number of carboxylic acid groups (broad SMARTS) is 2. The summed E-state index contributed by atoms with van der Waals surface area (Å²) in [6.45, 7) is 1.94. The summed E-state index contributed by atoms with van der Waals surface area (Å²) < 4.78 is 3.37. The molecule has 11 heteroatoms. The molecule has 2 aromatic heterocycles. The SMILES string of the molecule is CNC(=O)Cn1c(=O)n(C2CCN(C3CCCc4ccccc43)CC2)c2ncccc21.O=C(O)C=CC(=O)O. The maximum absolute atomic E-state index is 13.3. The molecule has 39 heavy (non-hydrogen) atoms. The number of amides is 1. The number of benzene rings is 1. The molecule has 1 saturated heterocycles. The number of imidazole rings is 1. The molecule has 1 amide bonds. The summed E-state index contributed by atoms with van der Waals surface area (Å²) in [7, 11) is 1.59. The normalized spacial score (nSPS) is 17.8. The van der Waals surface area contributed by atoms with E-state index in [1.807, 2.05) is 16.7 Å². The molecule has 3 aromatic rings. The number of piperidine rings is 1. The number of hydrogen-bond donors (Lipinski definition) is 3. The van der Waals surface area contributed by atoms with Crippen LogP contribution in [0.4, 0.5) is 0 Å². The Labute approximate surface area is 225 Å². The van der Waals surface area contributed by atoms with Gasteiger partial charge in [0.2, 0.25) is 5.91 Å². The van der Waals surface area contributed by atoms with Crippen LogP contribution < -0.4 is 11.0 Å². The number of hydrogen-bond acceptors (Lipinski definition) is 6. The van der Waals surface area contributed by atoms with Crippen LogP contribution in [-0.4, -0.2) is 67.2 Å². The summed E-state index contributed by atoms with van der Waals surface area (Å²) in [6, 6.07) is 13.1. The van der Waals surface area contributed by atoms with Gasteiger partial charge in [-0.05, 0) is 55.4 Å². The van der Waals surface area contributed by atoms with Crippen LogP contribution in [0.3, 0.4) is 0 Å². The topological polar surface area (TPSA) is 147 Å². The predicted octanol–water partition coefficient (Wildman–Crippen LogP) is 2.37. The second-order valence-corrected chi connectivity index (χ2v) is 9.64. The zero-order valence-corrected chi connectivity index (χ0v) is 21.8. The van der Waals surface area contributed by atoms with Gasteiger partial charge >= 0.3 is 17.6 Å². The number of carboxylic acids is 2. The van der Waals surface area contributed by atoms with Crippen LogP contribution in [0.15, 0.2) is 59.5 Å². The summed E-state index contributed by atoms with van der Waals surface area (Å²) in [5.74, 6) is -2.70. The molecular weight excluding hydrogens is 502 g/mol. The molecule has 3 N–H and O–H groups in total. The van der Waals surface area contributed by atoms with E-state index < -0.39 is 11.9 Å². The first-order valence-corrected chi connectivity index (χ1v) is 13.0. The van der Waals surface area contributed by atoms with Crippen molar-refractivity contribution in [2.45, 2.75) is 50.7 Å². The predicted molar refractivity (Wildman–Crippen MR) is 144 cm³/mol. The van der Waals surface area contributed by atoms with Gasteiger partial charge in [0, 0.05) is 50.6 Å². The van der Waals surface area contributed by atoms with E-state index in [0.717, 1.165) is 31.4 Å². The van der Waals surface area contributed by atoms with Crippen molar-refractivity contribution in [1.82, 2.24) is 24.3 Å². The Morgan fingerprint density at radius 1 is 1.03 bits per heavy atom. The average Bonchev–Trinajstić information content (AvgIpc) is 3.22. The van der Waals surface area contributed by atoms with Crippen LogP contribution in [0.5, 0.6) is 0 Å². The molecule has 1 aliphatic heterocycles. The van der Waals surface area contributed by atoms with Crippen LogP contribution in [0.1, 0.15) is 48.9 Å². The monoisotopic (exact) mass is 535 g/mol. The molecule has 1 aromatic carbocycles. The third-order valence-electron chi connectivity index (χ3n) is 7.31. The molecule has 1 atom stereocenters. The van der Waals surface area contributed by atoms with Gasteiger partial charge < -0.3 is 15.5 Å². The fraction of sp³-hybridized carbons (Fsp3) is 0.393. The van der Waals surface area contributed by atoms with Crippen molar-refractivity contribution in [3.05, 3.63) is 76.4 Å². The number of carbonyl (C=O) groups is 3. The highest BCUT2D eigenvalue weighted by Crippen LogP contribution is 2.37. The van der Waals surface area contributed by atoms with Gasteiger partial charge in [-0.3, -0.25) is 18.8 Å². The Kier molecular flexibility index (Phi) is 8.92. The lowest BCUT2D eigenvalue weighted by atomic mass is 9.86. The van der Waals surface area contributed by atoms with Crippen molar-refractivity contribution in [2.24, 2.45) is 0 Å². The van der Waals surface area contributed by atoms with Gasteiger partial charge in [-0.25, -0.2) is 19.4 Å². The van der Waals surface area contributed by atoms with E-state index in [4.69, 9.17) is 10.2 Å². The average molecular weight is 536 g/mol. The second kappa shape index (κ2) is 12.5. The summed E-state index contributed by atoms with van der Waals surface area (Å²) in [6.07, 6.45) is 8.27. The molecular formula is C28H33N5O6. The van der Waals surface area contributed by atoms with E-state index >= 15 is 0 Å². The Hall–Kier alpha value is -4.25. The van der Waals surface area contributed by atoms with Crippen molar-refractivity contribution in [1.29, 1.82) is 0 Å². The van der Waals surface area contributed by atoms with Crippen LogP contribution in [0.2, 0.25) is 0 Å². The molecule has 2 aliphatic rings. The van der Waals surface area contributed by atoms with Crippen LogP contribution in [0.25, 0.3) is 11.2 Å². The van der Waals surface area contributed by atoms with E-state index in [-0.39, 0.29) is 24.2 Å². The number of carbonyl (C=O) groups excluding carboxylic acids is 1. The van der Waals surface area contributed by atoms with E-state index in [2.05, 4.69) is 39.5 Å². The molecule has 0 saturated carbocycles. The smallest absolute Gasteiger partial charge is 0.331 e. The van der Waals surface area contributed by atoms with Gasteiger partial charge in [0.15, 0.2) is 5.65 Å². The van der Waals surface area contributed by atoms with Crippen molar-refractivity contribution in [3.63, 3.8) is 0 Å². The van der Waals surface area contributed by atoms with Gasteiger partial charge in [0.05, 0.1) is 5.52 Å². The second-order valence-electron chi connectivity index (χ2n) is 9.64. The fourth-order valence-electron chi connectivity index (χ4n) is 5.52. The lowest BCUT2D eigenvalue weighted by Crippen LogP contribution is -2.41. The van der Waals surface area contributed by atoms with Crippen LogP contribution >= 0.6 is 0 Å². The van der Waals surface area contributed by atoms with Crippen LogP contribution in [0, 0.1) is 0 Å². The Balaban J connectivity index is 0.000000386. The van der Waals surface area contributed by atoms with Gasteiger partial charge in [0.1, 0.15) is 6.54 Å². The number of aromatic nitrogens is 3. The van der Waals surface area contributed by atoms with Crippen molar-refractivity contribution in [2.75, 3.05) is 20.1 Å². The summed E-state index contributed by atoms with van der Waals surface area (Å²) in [4.78, 5) is 51.5. The maximum Gasteiger partial charge on any atom is 0.331 e. The summed E-state index contributed by atoms with van der Waals surface area (Å²) in [5, 5.41) is 18.2. The van der Waals surface area contributed by atoms with E-state index in [9.17, 15) is 19.2 Å². The van der Waals surface area contributed by atoms with E-state index in [0.29, 0.717) is 23.8 Å². The first kappa shape index (κ1) is 27.8. The highest BCUT2D eigenvalue weighted by Gasteiger charge is 2.31.